The SMILES string of the molecule is CCCCCCCCc1c(C(C)C)ccc(S(N)(=O)=O)c1-c1cccnc1. The summed E-state index contributed by atoms with van der Waals surface area (Å²) in [6.07, 6.45) is 11.5. The van der Waals surface area contributed by atoms with E-state index in [1.165, 1.54) is 31.2 Å². The lowest BCUT2D eigenvalue weighted by molar-refractivity contribution is 0.596. The molecule has 0 unspecified atom stereocenters. The Hall–Kier alpha value is -1.72. The van der Waals surface area contributed by atoms with Crippen molar-refractivity contribution in [3.63, 3.8) is 0 Å². The van der Waals surface area contributed by atoms with Crippen molar-refractivity contribution in [2.24, 2.45) is 5.14 Å². The molecule has 1 aromatic heterocycles. The molecule has 148 valence electrons. The third-order valence-electron chi connectivity index (χ3n) is 4.97. The van der Waals surface area contributed by atoms with Gasteiger partial charge in [-0.05, 0) is 42.0 Å². The number of sulfonamides is 1. The van der Waals surface area contributed by atoms with Crippen molar-refractivity contribution in [2.75, 3.05) is 0 Å². The molecule has 0 amide bonds. The fourth-order valence-corrected chi connectivity index (χ4v) is 4.38. The van der Waals surface area contributed by atoms with Gasteiger partial charge < -0.3 is 0 Å². The second kappa shape index (κ2) is 10.00. The zero-order chi connectivity index (χ0) is 19.9. The molecule has 4 nitrogen and oxygen atoms in total. The summed E-state index contributed by atoms with van der Waals surface area (Å²) in [5.74, 6) is 0.310. The Morgan fingerprint density at radius 3 is 2.33 bits per heavy atom. The standard InChI is InChI=1S/C22H32N2O2S/c1-4-5-6-7-8-9-12-20-19(17(2)3)13-14-21(27(23,25)26)22(20)18-11-10-15-24-16-18/h10-11,13-17H,4-9,12H2,1-3H3,(H2,23,25,26). The van der Waals surface area contributed by atoms with E-state index in [4.69, 9.17) is 5.14 Å². The Balaban J connectivity index is 2.47. The number of pyridine rings is 1. The molecule has 5 heteroatoms. The van der Waals surface area contributed by atoms with Crippen molar-refractivity contribution in [3.8, 4) is 11.1 Å². The molecule has 0 spiro atoms. The summed E-state index contributed by atoms with van der Waals surface area (Å²) in [6.45, 7) is 6.50. The number of hydrogen-bond donors (Lipinski definition) is 1. The highest BCUT2D eigenvalue weighted by Crippen LogP contribution is 2.36. The smallest absolute Gasteiger partial charge is 0.238 e. The topological polar surface area (TPSA) is 73.1 Å². The van der Waals surface area contributed by atoms with Crippen LogP contribution in [-0.2, 0) is 16.4 Å². The van der Waals surface area contributed by atoms with Gasteiger partial charge in [-0.25, -0.2) is 13.6 Å². The zero-order valence-corrected chi connectivity index (χ0v) is 17.6. The molecule has 0 saturated carbocycles. The first-order chi connectivity index (χ1) is 12.9. The van der Waals surface area contributed by atoms with E-state index in [9.17, 15) is 8.42 Å². The number of nitrogens with two attached hydrogens (primary N) is 1. The average Bonchev–Trinajstić information content (AvgIpc) is 2.63. The first-order valence-electron chi connectivity index (χ1n) is 9.95. The van der Waals surface area contributed by atoms with Crippen molar-refractivity contribution >= 4 is 10.0 Å². The first kappa shape index (κ1) is 21.6. The highest BCUT2D eigenvalue weighted by Gasteiger charge is 2.22. The quantitative estimate of drug-likeness (QED) is 0.552. The van der Waals surface area contributed by atoms with Crippen molar-refractivity contribution < 1.29 is 8.42 Å². The second-order valence-electron chi connectivity index (χ2n) is 7.47. The van der Waals surface area contributed by atoms with Gasteiger partial charge in [0.1, 0.15) is 0 Å². The molecule has 0 radical (unpaired) electrons. The molecule has 2 rings (SSSR count). The molecule has 0 fully saturated rings. The van der Waals surface area contributed by atoms with Crippen LogP contribution < -0.4 is 5.14 Å². The van der Waals surface area contributed by atoms with Crippen LogP contribution in [0.3, 0.4) is 0 Å². The third kappa shape index (κ3) is 5.88. The van der Waals surface area contributed by atoms with E-state index < -0.39 is 10.0 Å². The van der Waals surface area contributed by atoms with Crippen LogP contribution in [0.1, 0.15) is 76.3 Å². The van der Waals surface area contributed by atoms with Crippen molar-refractivity contribution in [3.05, 3.63) is 47.8 Å². The van der Waals surface area contributed by atoms with Crippen LogP contribution in [-0.4, -0.2) is 13.4 Å². The maximum Gasteiger partial charge on any atom is 0.238 e. The summed E-state index contributed by atoms with van der Waals surface area (Å²) >= 11 is 0. The zero-order valence-electron chi connectivity index (χ0n) is 16.7. The fourth-order valence-electron chi connectivity index (χ4n) is 3.60. The largest absolute Gasteiger partial charge is 0.264 e. The molecule has 0 aliphatic carbocycles. The Bertz CT molecular complexity index is 831. The van der Waals surface area contributed by atoms with Crippen molar-refractivity contribution in [1.29, 1.82) is 0 Å². The van der Waals surface area contributed by atoms with Gasteiger partial charge in [0, 0.05) is 23.5 Å². The number of rotatable bonds is 10. The van der Waals surface area contributed by atoms with E-state index in [0.29, 0.717) is 5.92 Å². The third-order valence-corrected chi connectivity index (χ3v) is 5.92. The highest BCUT2D eigenvalue weighted by molar-refractivity contribution is 7.89. The van der Waals surface area contributed by atoms with E-state index >= 15 is 0 Å². The summed E-state index contributed by atoms with van der Waals surface area (Å²) in [5.41, 5.74) is 3.82. The molecule has 1 aromatic carbocycles. The van der Waals surface area contributed by atoms with Gasteiger partial charge in [-0.2, -0.15) is 0 Å². The molecule has 2 aromatic rings. The van der Waals surface area contributed by atoms with Crippen molar-refractivity contribution in [1.82, 2.24) is 4.98 Å². The van der Waals surface area contributed by atoms with E-state index in [1.54, 1.807) is 18.5 Å². The predicted octanol–water partition coefficient (Wildman–Crippen LogP) is 5.42. The summed E-state index contributed by atoms with van der Waals surface area (Å²) < 4.78 is 24.5. The summed E-state index contributed by atoms with van der Waals surface area (Å²) in [4.78, 5) is 4.39. The maximum atomic E-state index is 12.3. The lowest BCUT2D eigenvalue weighted by atomic mass is 9.87. The minimum Gasteiger partial charge on any atom is -0.264 e. The van der Waals surface area contributed by atoms with Gasteiger partial charge in [0.15, 0.2) is 0 Å². The van der Waals surface area contributed by atoms with Gasteiger partial charge >= 0.3 is 0 Å². The highest BCUT2D eigenvalue weighted by atomic mass is 32.2. The number of primary sulfonamides is 1. The summed E-state index contributed by atoms with van der Waals surface area (Å²) in [6, 6.07) is 7.32. The number of aromatic nitrogens is 1. The minimum atomic E-state index is -3.82. The molecule has 27 heavy (non-hydrogen) atoms. The molecule has 2 N–H and O–H groups in total. The normalized spacial score (nSPS) is 11.9. The van der Waals surface area contributed by atoms with Gasteiger partial charge in [0.05, 0.1) is 4.90 Å². The Kier molecular flexibility index (Phi) is 7.99. The summed E-state index contributed by atoms with van der Waals surface area (Å²) in [5, 5.41) is 5.55. The number of benzene rings is 1. The molecule has 0 bridgehead atoms. The van der Waals surface area contributed by atoms with Crippen LogP contribution in [0.4, 0.5) is 0 Å². The maximum absolute atomic E-state index is 12.3. The minimum absolute atomic E-state index is 0.195. The van der Waals surface area contributed by atoms with E-state index in [2.05, 4.69) is 25.8 Å². The van der Waals surface area contributed by atoms with Gasteiger partial charge in [-0.3, -0.25) is 4.98 Å². The predicted molar refractivity (Wildman–Crippen MR) is 112 cm³/mol. The van der Waals surface area contributed by atoms with Crippen LogP contribution in [0.25, 0.3) is 11.1 Å². The Morgan fingerprint density at radius 2 is 1.74 bits per heavy atom. The number of nitrogens with zero attached hydrogens (tertiary/aromatic N) is 1. The molecule has 0 saturated heterocycles. The van der Waals surface area contributed by atoms with E-state index in [0.717, 1.165) is 36.0 Å². The van der Waals surface area contributed by atoms with Crippen LogP contribution in [0.2, 0.25) is 0 Å². The number of hydrogen-bond acceptors (Lipinski definition) is 3. The lowest BCUT2D eigenvalue weighted by Gasteiger charge is -2.20. The molecule has 0 atom stereocenters. The van der Waals surface area contributed by atoms with Gasteiger partial charge in [-0.15, -0.1) is 0 Å². The first-order valence-corrected chi connectivity index (χ1v) is 11.5. The van der Waals surface area contributed by atoms with Crippen LogP contribution in [0.15, 0.2) is 41.6 Å². The van der Waals surface area contributed by atoms with E-state index in [-0.39, 0.29) is 4.90 Å². The number of unbranched alkanes of at least 4 members (excludes halogenated alkanes) is 5. The van der Waals surface area contributed by atoms with Crippen LogP contribution >= 0.6 is 0 Å². The lowest BCUT2D eigenvalue weighted by Crippen LogP contribution is -2.15. The van der Waals surface area contributed by atoms with Crippen LogP contribution in [0.5, 0.6) is 0 Å². The molecular weight excluding hydrogens is 356 g/mol. The Morgan fingerprint density at radius 1 is 1.04 bits per heavy atom. The second-order valence-corrected chi connectivity index (χ2v) is 9.00. The monoisotopic (exact) mass is 388 g/mol. The van der Waals surface area contributed by atoms with Gasteiger partial charge in [0.2, 0.25) is 10.0 Å². The average molecular weight is 389 g/mol. The van der Waals surface area contributed by atoms with E-state index in [1.807, 2.05) is 18.2 Å². The van der Waals surface area contributed by atoms with Gasteiger partial charge in [-0.1, -0.05) is 65.0 Å². The van der Waals surface area contributed by atoms with Crippen molar-refractivity contribution in [2.45, 2.75) is 76.5 Å². The molecule has 0 aliphatic rings. The Labute approximate surface area is 164 Å². The molecule has 0 aliphatic heterocycles. The van der Waals surface area contributed by atoms with Crippen LogP contribution in [0, 0.1) is 0 Å². The fraction of sp³-hybridized carbons (Fsp3) is 0.500. The molecular formula is C22H32N2O2S. The molecule has 1 heterocycles. The van der Waals surface area contributed by atoms with Gasteiger partial charge in [0.25, 0.3) is 0 Å². The summed E-state index contributed by atoms with van der Waals surface area (Å²) in [7, 11) is -3.82.